The smallest absolute Gasteiger partial charge is 0.197 e. The Hall–Kier alpha value is -0.630. The van der Waals surface area contributed by atoms with Gasteiger partial charge in [0.1, 0.15) is 6.26 Å². The Balaban J connectivity index is 2.22. The highest BCUT2D eigenvalue weighted by Crippen LogP contribution is 2.30. The molecule has 7 heteroatoms. The molecule has 0 saturated heterocycles. The van der Waals surface area contributed by atoms with Gasteiger partial charge in [-0.2, -0.15) is 0 Å². The van der Waals surface area contributed by atoms with Crippen molar-refractivity contribution in [3.05, 3.63) is 21.3 Å². The largest absolute Gasteiger partial charge is 0.458 e. The predicted octanol–water partition coefficient (Wildman–Crippen LogP) is 3.79. The fourth-order valence-electron chi connectivity index (χ4n) is 1.59. The van der Waals surface area contributed by atoms with Crippen LogP contribution >= 0.6 is 38.8 Å². The standard InChI is InChI=1S/C12H15BrN2O2S2/c1-15(5-4-14-19(2)3)10-6-9(18)12-11(17-10)8(13)7-16-12/h6-7,14H,2,4-5H2,1,3H3. The molecule has 0 aliphatic rings. The molecule has 1 atom stereocenters. The predicted molar refractivity (Wildman–Crippen MR) is 88.9 cm³/mol. The summed E-state index contributed by atoms with van der Waals surface area (Å²) in [5.74, 6) is 4.63. The third-order valence-electron chi connectivity index (χ3n) is 2.56. The molecule has 4 nitrogen and oxygen atoms in total. The lowest BCUT2D eigenvalue weighted by Crippen LogP contribution is -2.26. The number of nitrogens with one attached hydrogen (secondary N) is 1. The zero-order chi connectivity index (χ0) is 14.0. The van der Waals surface area contributed by atoms with Crippen molar-refractivity contribution in [1.82, 2.24) is 4.72 Å². The molecule has 2 aromatic rings. The van der Waals surface area contributed by atoms with E-state index in [1.54, 1.807) is 6.26 Å². The molecule has 0 saturated carbocycles. The Morgan fingerprint density at radius 3 is 2.95 bits per heavy atom. The Morgan fingerprint density at radius 1 is 1.53 bits per heavy atom. The van der Waals surface area contributed by atoms with Gasteiger partial charge in [0.15, 0.2) is 17.1 Å². The summed E-state index contributed by atoms with van der Waals surface area (Å²) in [6.07, 6.45) is 3.63. The molecule has 2 aromatic heterocycles. The minimum Gasteiger partial charge on any atom is -0.458 e. The number of hydrogen-bond donors (Lipinski definition) is 1. The van der Waals surface area contributed by atoms with E-state index in [-0.39, 0.29) is 10.7 Å². The molecule has 0 amide bonds. The molecule has 1 N–H and O–H groups in total. The van der Waals surface area contributed by atoms with Crippen molar-refractivity contribution < 1.29 is 8.83 Å². The van der Waals surface area contributed by atoms with E-state index in [4.69, 9.17) is 21.1 Å². The molecule has 0 radical (unpaired) electrons. The second kappa shape index (κ2) is 6.21. The van der Waals surface area contributed by atoms with E-state index >= 15 is 0 Å². The quantitative estimate of drug-likeness (QED) is 0.819. The van der Waals surface area contributed by atoms with Crippen LogP contribution in [0.1, 0.15) is 0 Å². The van der Waals surface area contributed by atoms with Crippen LogP contribution in [-0.4, -0.2) is 32.3 Å². The van der Waals surface area contributed by atoms with E-state index in [1.807, 2.05) is 24.3 Å². The Bertz CT molecular complexity index is 665. The van der Waals surface area contributed by atoms with Crippen LogP contribution in [0.2, 0.25) is 0 Å². The van der Waals surface area contributed by atoms with E-state index in [9.17, 15) is 0 Å². The molecule has 0 fully saturated rings. The molecule has 1 unspecified atom stereocenters. The van der Waals surface area contributed by atoms with Crippen molar-refractivity contribution in [3.63, 3.8) is 0 Å². The van der Waals surface area contributed by atoms with Gasteiger partial charge in [0, 0.05) is 26.2 Å². The monoisotopic (exact) mass is 362 g/mol. The SMILES string of the molecule is C=S(C)NCCN(C)c1cc(=S)c2occ(Br)c2o1. The summed E-state index contributed by atoms with van der Waals surface area (Å²) in [4.78, 5) is 2.01. The van der Waals surface area contributed by atoms with E-state index in [0.717, 1.165) is 23.4 Å². The van der Waals surface area contributed by atoms with E-state index < -0.39 is 0 Å². The first kappa shape index (κ1) is 14.8. The third-order valence-corrected chi connectivity index (χ3v) is 4.11. The lowest BCUT2D eigenvalue weighted by atomic mass is 10.4. The summed E-state index contributed by atoms with van der Waals surface area (Å²) in [6, 6.07) is 1.81. The highest BCUT2D eigenvalue weighted by Gasteiger charge is 2.12. The highest BCUT2D eigenvalue weighted by atomic mass is 79.9. The summed E-state index contributed by atoms with van der Waals surface area (Å²) >= 11 is 8.69. The number of rotatable bonds is 5. The van der Waals surface area contributed by atoms with Gasteiger partial charge in [0.25, 0.3) is 0 Å². The van der Waals surface area contributed by atoms with Crippen molar-refractivity contribution >= 4 is 61.7 Å². The zero-order valence-electron chi connectivity index (χ0n) is 10.7. The first-order valence-corrected chi connectivity index (χ1v) is 8.60. The maximum Gasteiger partial charge on any atom is 0.197 e. The fourth-order valence-corrected chi connectivity index (χ4v) is 2.62. The average Bonchev–Trinajstić information content (AvgIpc) is 2.71. The van der Waals surface area contributed by atoms with Crippen LogP contribution in [0, 0.1) is 4.51 Å². The second-order valence-electron chi connectivity index (χ2n) is 4.14. The van der Waals surface area contributed by atoms with Crippen LogP contribution in [0.15, 0.2) is 25.6 Å². The summed E-state index contributed by atoms with van der Waals surface area (Å²) in [5.41, 5.74) is 1.25. The van der Waals surface area contributed by atoms with Gasteiger partial charge in [0.05, 0.1) is 8.98 Å². The maximum atomic E-state index is 5.81. The molecule has 2 rings (SSSR count). The van der Waals surface area contributed by atoms with E-state index in [1.165, 1.54) is 0 Å². The molecule has 0 bridgehead atoms. The van der Waals surface area contributed by atoms with Gasteiger partial charge < -0.3 is 13.7 Å². The number of anilines is 1. The minimum absolute atomic E-state index is 0.0126. The number of fused-ring (bicyclic) bond motifs is 1. The fraction of sp³-hybridized carbons (Fsp3) is 0.333. The second-order valence-corrected chi connectivity index (χ2v) is 7.00. The highest BCUT2D eigenvalue weighted by molar-refractivity contribution is 9.10. The number of nitrogens with zero attached hydrogens (tertiary/aromatic N) is 1. The Labute approximate surface area is 128 Å². The summed E-state index contributed by atoms with van der Waals surface area (Å²) in [6.45, 7) is 1.65. The molecular formula is C12H15BrN2O2S2. The lowest BCUT2D eigenvalue weighted by molar-refractivity contribution is 0.570. The summed E-state index contributed by atoms with van der Waals surface area (Å²) < 4.78 is 15.9. The van der Waals surface area contributed by atoms with Gasteiger partial charge in [-0.25, -0.2) is 0 Å². The lowest BCUT2D eigenvalue weighted by Gasteiger charge is -2.18. The van der Waals surface area contributed by atoms with E-state index in [2.05, 4.69) is 26.5 Å². The van der Waals surface area contributed by atoms with Crippen molar-refractivity contribution in [2.75, 3.05) is 31.3 Å². The maximum absolute atomic E-state index is 5.81. The topological polar surface area (TPSA) is 41.5 Å². The summed E-state index contributed by atoms with van der Waals surface area (Å²) in [5, 5.41) is 0. The third kappa shape index (κ3) is 3.47. The Morgan fingerprint density at radius 2 is 2.26 bits per heavy atom. The average molecular weight is 363 g/mol. The van der Waals surface area contributed by atoms with Gasteiger partial charge in [-0.1, -0.05) is 18.1 Å². The van der Waals surface area contributed by atoms with Crippen molar-refractivity contribution in [1.29, 1.82) is 0 Å². The van der Waals surface area contributed by atoms with Crippen LogP contribution in [-0.2, 0) is 0 Å². The summed E-state index contributed by atoms with van der Waals surface area (Å²) in [7, 11) is 1.95. The van der Waals surface area contributed by atoms with Gasteiger partial charge >= 0.3 is 0 Å². The number of likely N-dealkylation sites (N-methyl/N-ethyl adjacent to an activating group) is 1. The van der Waals surface area contributed by atoms with Crippen LogP contribution in [0.4, 0.5) is 5.88 Å². The molecule has 0 spiro atoms. The number of halogens is 1. The van der Waals surface area contributed by atoms with Gasteiger partial charge in [-0.05, 0) is 22.2 Å². The van der Waals surface area contributed by atoms with Crippen molar-refractivity contribution in [2.24, 2.45) is 0 Å². The molecular weight excluding hydrogens is 348 g/mol. The minimum atomic E-state index is -0.0126. The van der Waals surface area contributed by atoms with Crippen LogP contribution in [0.25, 0.3) is 11.2 Å². The molecule has 104 valence electrons. The Kier molecular flexibility index (Phi) is 4.83. The number of furan rings is 1. The normalized spacial score (nSPS) is 12.8. The van der Waals surface area contributed by atoms with Crippen LogP contribution < -0.4 is 9.62 Å². The molecule has 0 aromatic carbocycles. The van der Waals surface area contributed by atoms with Crippen LogP contribution in [0.5, 0.6) is 0 Å². The number of hydrogen-bond acceptors (Lipinski definition) is 5. The molecule has 2 heterocycles. The van der Waals surface area contributed by atoms with Gasteiger partial charge in [-0.3, -0.25) is 4.72 Å². The van der Waals surface area contributed by atoms with E-state index in [0.29, 0.717) is 15.7 Å². The molecule has 19 heavy (non-hydrogen) atoms. The molecule has 0 aliphatic carbocycles. The first-order valence-electron chi connectivity index (χ1n) is 5.60. The van der Waals surface area contributed by atoms with Gasteiger partial charge in [-0.15, -0.1) is 10.7 Å². The first-order chi connectivity index (χ1) is 8.99. The van der Waals surface area contributed by atoms with Crippen molar-refractivity contribution in [3.8, 4) is 0 Å². The van der Waals surface area contributed by atoms with Crippen LogP contribution in [0.3, 0.4) is 0 Å². The zero-order valence-corrected chi connectivity index (χ0v) is 14.0. The van der Waals surface area contributed by atoms with Crippen molar-refractivity contribution in [2.45, 2.75) is 0 Å². The van der Waals surface area contributed by atoms with Gasteiger partial charge in [0.2, 0.25) is 0 Å². The molecule has 0 aliphatic heterocycles.